The van der Waals surface area contributed by atoms with Crippen LogP contribution in [0.3, 0.4) is 0 Å². The second-order valence-electron chi connectivity index (χ2n) is 5.10. The molecule has 0 unspecified atom stereocenters. The van der Waals surface area contributed by atoms with Crippen LogP contribution in [0, 0.1) is 27.7 Å². The highest BCUT2D eigenvalue weighted by Gasteiger charge is 2.13. The summed E-state index contributed by atoms with van der Waals surface area (Å²) in [7, 11) is 0. The molecule has 0 radical (unpaired) electrons. The molecule has 0 atom stereocenters. The SMILES string of the molecule is CCc1nc(N)c(C)c(-c2cc(C)c(C)cc2C)n1. The highest BCUT2D eigenvalue weighted by molar-refractivity contribution is 5.71. The average Bonchev–Trinajstić information content (AvgIpc) is 2.37. The molecule has 3 nitrogen and oxygen atoms in total. The van der Waals surface area contributed by atoms with Crippen LogP contribution in [-0.4, -0.2) is 9.97 Å². The summed E-state index contributed by atoms with van der Waals surface area (Å²) < 4.78 is 0. The molecule has 0 aliphatic carbocycles. The van der Waals surface area contributed by atoms with Gasteiger partial charge < -0.3 is 5.73 Å². The van der Waals surface area contributed by atoms with Crippen LogP contribution >= 0.6 is 0 Å². The molecular formula is C16H21N3. The van der Waals surface area contributed by atoms with Crippen molar-refractivity contribution in [3.05, 3.63) is 40.2 Å². The van der Waals surface area contributed by atoms with Crippen molar-refractivity contribution in [1.82, 2.24) is 9.97 Å². The summed E-state index contributed by atoms with van der Waals surface area (Å²) in [4.78, 5) is 8.98. The van der Waals surface area contributed by atoms with E-state index in [0.717, 1.165) is 29.1 Å². The van der Waals surface area contributed by atoms with Crippen molar-refractivity contribution in [2.75, 3.05) is 5.73 Å². The smallest absolute Gasteiger partial charge is 0.131 e. The largest absolute Gasteiger partial charge is 0.383 e. The summed E-state index contributed by atoms with van der Waals surface area (Å²) in [5.41, 5.74) is 12.9. The Balaban J connectivity index is 2.71. The van der Waals surface area contributed by atoms with Crippen LogP contribution in [0.4, 0.5) is 5.82 Å². The van der Waals surface area contributed by atoms with Crippen molar-refractivity contribution in [1.29, 1.82) is 0 Å². The minimum absolute atomic E-state index is 0.583. The van der Waals surface area contributed by atoms with Gasteiger partial charge in [0.2, 0.25) is 0 Å². The predicted molar refractivity (Wildman–Crippen MR) is 80.2 cm³/mol. The molecular weight excluding hydrogens is 234 g/mol. The zero-order chi connectivity index (χ0) is 14.2. The second-order valence-corrected chi connectivity index (χ2v) is 5.10. The number of hydrogen-bond donors (Lipinski definition) is 1. The Morgan fingerprint density at radius 1 is 0.947 bits per heavy atom. The molecule has 2 aromatic rings. The first-order valence-electron chi connectivity index (χ1n) is 6.65. The van der Waals surface area contributed by atoms with Gasteiger partial charge in [-0.15, -0.1) is 0 Å². The summed E-state index contributed by atoms with van der Waals surface area (Å²) in [6, 6.07) is 4.40. The first-order valence-corrected chi connectivity index (χ1v) is 6.65. The lowest BCUT2D eigenvalue weighted by atomic mass is 9.96. The normalized spacial score (nSPS) is 10.8. The Morgan fingerprint density at radius 2 is 1.58 bits per heavy atom. The van der Waals surface area contributed by atoms with E-state index in [1.807, 2.05) is 13.8 Å². The second kappa shape index (κ2) is 5.00. The summed E-state index contributed by atoms with van der Waals surface area (Å²) in [5, 5.41) is 0. The monoisotopic (exact) mass is 255 g/mol. The Labute approximate surface area is 114 Å². The fourth-order valence-corrected chi connectivity index (χ4v) is 2.22. The maximum atomic E-state index is 6.00. The first-order chi connectivity index (χ1) is 8.93. The van der Waals surface area contributed by atoms with E-state index in [9.17, 15) is 0 Å². The van der Waals surface area contributed by atoms with Crippen molar-refractivity contribution in [2.24, 2.45) is 0 Å². The Hall–Kier alpha value is -1.90. The maximum Gasteiger partial charge on any atom is 0.131 e. The quantitative estimate of drug-likeness (QED) is 0.893. The number of aromatic nitrogens is 2. The number of rotatable bonds is 2. The van der Waals surface area contributed by atoms with Crippen LogP contribution in [0.15, 0.2) is 12.1 Å². The van der Waals surface area contributed by atoms with Crippen LogP contribution < -0.4 is 5.73 Å². The van der Waals surface area contributed by atoms with E-state index >= 15 is 0 Å². The van der Waals surface area contributed by atoms with Gasteiger partial charge in [-0.1, -0.05) is 13.0 Å². The number of anilines is 1. The standard InChI is InChI=1S/C16H21N3/c1-6-14-18-15(12(5)16(17)19-14)13-8-10(3)9(2)7-11(13)4/h7-8H,6H2,1-5H3,(H2,17,18,19). The van der Waals surface area contributed by atoms with Gasteiger partial charge in [-0.25, -0.2) is 9.97 Å². The van der Waals surface area contributed by atoms with Gasteiger partial charge in [0.1, 0.15) is 11.6 Å². The molecule has 0 bridgehead atoms. The number of aryl methyl sites for hydroxylation is 4. The molecule has 0 aliphatic heterocycles. The average molecular weight is 255 g/mol. The Bertz CT molecular complexity index is 630. The van der Waals surface area contributed by atoms with Crippen LogP contribution in [0.5, 0.6) is 0 Å². The molecule has 0 aliphatic rings. The van der Waals surface area contributed by atoms with E-state index in [0.29, 0.717) is 5.82 Å². The van der Waals surface area contributed by atoms with E-state index < -0.39 is 0 Å². The number of benzene rings is 1. The number of nitrogens with zero attached hydrogens (tertiary/aromatic N) is 2. The van der Waals surface area contributed by atoms with Gasteiger partial charge in [0.05, 0.1) is 5.69 Å². The summed E-state index contributed by atoms with van der Waals surface area (Å²) in [6.07, 6.45) is 0.793. The van der Waals surface area contributed by atoms with Gasteiger partial charge >= 0.3 is 0 Å². The maximum absolute atomic E-state index is 6.00. The molecule has 0 saturated carbocycles. The van der Waals surface area contributed by atoms with Crippen molar-refractivity contribution in [2.45, 2.75) is 41.0 Å². The van der Waals surface area contributed by atoms with E-state index in [2.05, 4.69) is 42.9 Å². The number of nitrogens with two attached hydrogens (primary N) is 1. The van der Waals surface area contributed by atoms with Crippen LogP contribution in [0.2, 0.25) is 0 Å². The van der Waals surface area contributed by atoms with Gasteiger partial charge in [0.15, 0.2) is 0 Å². The molecule has 0 amide bonds. The zero-order valence-electron chi connectivity index (χ0n) is 12.3. The molecule has 1 heterocycles. The molecule has 100 valence electrons. The fourth-order valence-electron chi connectivity index (χ4n) is 2.22. The third-order valence-corrected chi connectivity index (χ3v) is 3.64. The van der Waals surface area contributed by atoms with E-state index in [4.69, 9.17) is 5.73 Å². The van der Waals surface area contributed by atoms with Crippen LogP contribution in [0.25, 0.3) is 11.3 Å². The fraction of sp³-hybridized carbons (Fsp3) is 0.375. The van der Waals surface area contributed by atoms with E-state index in [-0.39, 0.29) is 0 Å². The third-order valence-electron chi connectivity index (χ3n) is 3.64. The molecule has 2 N–H and O–H groups in total. The van der Waals surface area contributed by atoms with Crippen LogP contribution in [-0.2, 0) is 6.42 Å². The molecule has 3 heteroatoms. The number of hydrogen-bond acceptors (Lipinski definition) is 3. The van der Waals surface area contributed by atoms with Gasteiger partial charge in [0, 0.05) is 17.5 Å². The highest BCUT2D eigenvalue weighted by Crippen LogP contribution is 2.29. The third kappa shape index (κ3) is 2.46. The van der Waals surface area contributed by atoms with Crippen LogP contribution in [0.1, 0.15) is 35.0 Å². The topological polar surface area (TPSA) is 51.8 Å². The zero-order valence-corrected chi connectivity index (χ0v) is 12.3. The van der Waals surface area contributed by atoms with Gasteiger partial charge in [-0.2, -0.15) is 0 Å². The highest BCUT2D eigenvalue weighted by atomic mass is 15.0. The Kier molecular flexibility index (Phi) is 3.56. The van der Waals surface area contributed by atoms with Crippen molar-refractivity contribution in [3.8, 4) is 11.3 Å². The molecule has 1 aromatic carbocycles. The lowest BCUT2D eigenvalue weighted by Gasteiger charge is -2.13. The lowest BCUT2D eigenvalue weighted by molar-refractivity contribution is 0.939. The summed E-state index contributed by atoms with van der Waals surface area (Å²) in [5.74, 6) is 1.38. The minimum atomic E-state index is 0.583. The van der Waals surface area contributed by atoms with Gasteiger partial charge in [-0.05, 0) is 50.5 Å². The van der Waals surface area contributed by atoms with Crippen molar-refractivity contribution >= 4 is 5.82 Å². The summed E-state index contributed by atoms with van der Waals surface area (Å²) in [6.45, 7) is 10.4. The van der Waals surface area contributed by atoms with E-state index in [1.54, 1.807) is 0 Å². The molecule has 0 fully saturated rings. The predicted octanol–water partition coefficient (Wildman–Crippen LogP) is 3.52. The van der Waals surface area contributed by atoms with E-state index in [1.165, 1.54) is 16.7 Å². The number of nitrogen functional groups attached to an aromatic ring is 1. The molecule has 0 spiro atoms. The van der Waals surface area contributed by atoms with Gasteiger partial charge in [-0.3, -0.25) is 0 Å². The first kappa shape index (κ1) is 13.5. The minimum Gasteiger partial charge on any atom is -0.383 e. The van der Waals surface area contributed by atoms with Crippen molar-refractivity contribution < 1.29 is 0 Å². The molecule has 2 rings (SSSR count). The molecule has 0 saturated heterocycles. The summed E-state index contributed by atoms with van der Waals surface area (Å²) >= 11 is 0. The molecule has 19 heavy (non-hydrogen) atoms. The molecule has 1 aromatic heterocycles. The van der Waals surface area contributed by atoms with Gasteiger partial charge in [0.25, 0.3) is 0 Å². The van der Waals surface area contributed by atoms with Crippen molar-refractivity contribution in [3.63, 3.8) is 0 Å². The Morgan fingerprint density at radius 3 is 2.21 bits per heavy atom. The lowest BCUT2D eigenvalue weighted by Crippen LogP contribution is -2.05.